The van der Waals surface area contributed by atoms with Crippen molar-refractivity contribution in [2.24, 2.45) is 0 Å². The number of amides is 1. The monoisotopic (exact) mass is 267 g/mol. The van der Waals surface area contributed by atoms with E-state index >= 15 is 0 Å². The Morgan fingerprint density at radius 3 is 2.71 bits per heavy atom. The van der Waals surface area contributed by atoms with Crippen LogP contribution in [0.25, 0.3) is 0 Å². The number of anilines is 1. The third-order valence-corrected chi connectivity index (χ3v) is 2.92. The van der Waals surface area contributed by atoms with Crippen molar-refractivity contribution < 1.29 is 9.53 Å². The van der Waals surface area contributed by atoms with E-state index in [9.17, 15) is 4.79 Å². The second-order valence-corrected chi connectivity index (χ2v) is 4.52. The maximum atomic E-state index is 11.5. The van der Waals surface area contributed by atoms with E-state index in [0.29, 0.717) is 10.8 Å². The second-order valence-electron chi connectivity index (χ2n) is 3.30. The first-order valence-electron chi connectivity index (χ1n) is 4.94. The summed E-state index contributed by atoms with van der Waals surface area (Å²) in [5.41, 5.74) is 0.791. The molecule has 0 bridgehead atoms. The zero-order valence-electron chi connectivity index (χ0n) is 8.85. The van der Waals surface area contributed by atoms with E-state index in [1.807, 2.05) is 16.8 Å². The Labute approximate surface area is 108 Å². The average Bonchev–Trinajstić information content (AvgIpc) is 2.81. The number of nitrogens with one attached hydrogen (secondary N) is 1. The van der Waals surface area contributed by atoms with Gasteiger partial charge in [0.25, 0.3) is 5.91 Å². The van der Waals surface area contributed by atoms with E-state index in [4.69, 9.17) is 16.3 Å². The Hall–Kier alpha value is -1.52. The Morgan fingerprint density at radius 2 is 2.06 bits per heavy atom. The summed E-state index contributed by atoms with van der Waals surface area (Å²) in [6.45, 7) is -0.0164. The minimum Gasteiger partial charge on any atom is -0.484 e. The van der Waals surface area contributed by atoms with Gasteiger partial charge >= 0.3 is 0 Å². The van der Waals surface area contributed by atoms with E-state index < -0.39 is 0 Å². The lowest BCUT2D eigenvalue weighted by molar-refractivity contribution is -0.118. The van der Waals surface area contributed by atoms with Gasteiger partial charge in [-0.15, -0.1) is 0 Å². The zero-order valence-corrected chi connectivity index (χ0v) is 10.4. The van der Waals surface area contributed by atoms with Crippen LogP contribution in [-0.4, -0.2) is 12.5 Å². The molecule has 0 aliphatic carbocycles. The quantitative estimate of drug-likeness (QED) is 0.922. The van der Waals surface area contributed by atoms with Gasteiger partial charge in [-0.2, -0.15) is 11.3 Å². The predicted molar refractivity (Wildman–Crippen MR) is 69.9 cm³/mol. The highest BCUT2D eigenvalue weighted by Gasteiger charge is 2.03. The molecule has 1 aromatic carbocycles. The molecule has 2 rings (SSSR count). The third kappa shape index (κ3) is 3.76. The van der Waals surface area contributed by atoms with Gasteiger partial charge in [0.1, 0.15) is 5.75 Å². The van der Waals surface area contributed by atoms with Crippen LogP contribution in [0.2, 0.25) is 5.02 Å². The molecule has 0 fully saturated rings. The highest BCUT2D eigenvalue weighted by molar-refractivity contribution is 7.08. The number of ether oxygens (including phenoxy) is 1. The smallest absolute Gasteiger partial charge is 0.262 e. The average molecular weight is 268 g/mol. The van der Waals surface area contributed by atoms with Gasteiger partial charge in [0.2, 0.25) is 0 Å². The maximum Gasteiger partial charge on any atom is 0.262 e. The summed E-state index contributed by atoms with van der Waals surface area (Å²) in [7, 11) is 0. The van der Waals surface area contributed by atoms with Gasteiger partial charge in [-0.3, -0.25) is 4.79 Å². The minimum absolute atomic E-state index is 0.0164. The summed E-state index contributed by atoms with van der Waals surface area (Å²) >= 11 is 7.26. The fourth-order valence-corrected chi connectivity index (χ4v) is 1.93. The normalized spacial score (nSPS) is 9.94. The molecule has 0 aliphatic heterocycles. The van der Waals surface area contributed by atoms with Crippen LogP contribution in [0.15, 0.2) is 41.1 Å². The number of carbonyl (C=O) groups is 1. The molecule has 88 valence electrons. The van der Waals surface area contributed by atoms with Crippen molar-refractivity contribution in [3.8, 4) is 5.75 Å². The summed E-state index contributed by atoms with van der Waals surface area (Å²) in [5.74, 6) is 0.438. The summed E-state index contributed by atoms with van der Waals surface area (Å²) in [6, 6.07) is 8.71. The molecule has 0 unspecified atom stereocenters. The molecule has 0 saturated heterocycles. The molecule has 0 atom stereocenters. The molecule has 0 aliphatic rings. The molecule has 17 heavy (non-hydrogen) atoms. The van der Waals surface area contributed by atoms with Crippen molar-refractivity contribution in [1.82, 2.24) is 0 Å². The van der Waals surface area contributed by atoms with Crippen molar-refractivity contribution in [2.75, 3.05) is 11.9 Å². The zero-order chi connectivity index (χ0) is 12.1. The van der Waals surface area contributed by atoms with Gasteiger partial charge in [-0.1, -0.05) is 11.6 Å². The molecule has 1 N–H and O–H groups in total. The van der Waals surface area contributed by atoms with Crippen LogP contribution >= 0.6 is 22.9 Å². The Bertz CT molecular complexity index is 482. The summed E-state index contributed by atoms with van der Waals surface area (Å²) in [4.78, 5) is 11.5. The molecule has 1 aromatic heterocycles. The number of benzene rings is 1. The SMILES string of the molecule is O=C(COc1ccc(Cl)cc1)Nc1ccsc1. The van der Waals surface area contributed by atoms with Gasteiger partial charge in [0.05, 0.1) is 5.69 Å². The van der Waals surface area contributed by atoms with Crippen LogP contribution in [0.3, 0.4) is 0 Å². The largest absolute Gasteiger partial charge is 0.484 e. The van der Waals surface area contributed by atoms with Crippen LogP contribution in [0, 0.1) is 0 Å². The number of rotatable bonds is 4. The lowest BCUT2D eigenvalue weighted by Crippen LogP contribution is -2.19. The molecule has 5 heteroatoms. The van der Waals surface area contributed by atoms with Crippen LogP contribution in [0.5, 0.6) is 5.75 Å². The van der Waals surface area contributed by atoms with E-state index in [1.54, 1.807) is 24.3 Å². The van der Waals surface area contributed by atoms with E-state index in [0.717, 1.165) is 5.69 Å². The molecule has 3 nitrogen and oxygen atoms in total. The lowest BCUT2D eigenvalue weighted by atomic mass is 10.3. The van der Waals surface area contributed by atoms with Gasteiger partial charge < -0.3 is 10.1 Å². The Morgan fingerprint density at radius 1 is 1.29 bits per heavy atom. The first kappa shape index (κ1) is 12.0. The second kappa shape index (κ2) is 5.70. The van der Waals surface area contributed by atoms with Crippen LogP contribution < -0.4 is 10.1 Å². The molecule has 1 amide bonds. The van der Waals surface area contributed by atoms with Crippen molar-refractivity contribution in [2.45, 2.75) is 0 Å². The Balaban J connectivity index is 1.82. The van der Waals surface area contributed by atoms with Crippen molar-refractivity contribution in [1.29, 1.82) is 0 Å². The van der Waals surface area contributed by atoms with Crippen molar-refractivity contribution >= 4 is 34.5 Å². The minimum atomic E-state index is -0.182. The number of halogens is 1. The number of hydrogen-bond acceptors (Lipinski definition) is 3. The summed E-state index contributed by atoms with van der Waals surface area (Å²) < 4.78 is 5.30. The molecule has 2 aromatic rings. The van der Waals surface area contributed by atoms with E-state index in [-0.39, 0.29) is 12.5 Å². The predicted octanol–water partition coefficient (Wildman–Crippen LogP) is 3.42. The molecule has 0 saturated carbocycles. The molecule has 1 heterocycles. The topological polar surface area (TPSA) is 38.3 Å². The van der Waals surface area contributed by atoms with Gasteiger partial charge in [-0.05, 0) is 35.7 Å². The third-order valence-electron chi connectivity index (χ3n) is 1.99. The van der Waals surface area contributed by atoms with Crippen molar-refractivity contribution in [3.05, 3.63) is 46.1 Å². The first-order chi connectivity index (χ1) is 8.24. The Kier molecular flexibility index (Phi) is 4.01. The molecule has 0 spiro atoms. The molecular formula is C12H10ClNO2S. The van der Waals surface area contributed by atoms with Gasteiger partial charge in [0.15, 0.2) is 6.61 Å². The number of thiophene rings is 1. The van der Waals surface area contributed by atoms with Gasteiger partial charge in [0, 0.05) is 10.4 Å². The van der Waals surface area contributed by atoms with Crippen LogP contribution in [0.1, 0.15) is 0 Å². The standard InChI is InChI=1S/C12H10ClNO2S/c13-9-1-3-11(4-2-9)16-7-12(15)14-10-5-6-17-8-10/h1-6,8H,7H2,(H,14,15). The van der Waals surface area contributed by atoms with Crippen LogP contribution in [-0.2, 0) is 4.79 Å². The van der Waals surface area contributed by atoms with Crippen LogP contribution in [0.4, 0.5) is 5.69 Å². The fraction of sp³-hybridized carbons (Fsp3) is 0.0833. The van der Waals surface area contributed by atoms with Gasteiger partial charge in [-0.25, -0.2) is 0 Å². The first-order valence-corrected chi connectivity index (χ1v) is 6.26. The fourth-order valence-electron chi connectivity index (χ4n) is 1.21. The van der Waals surface area contributed by atoms with Crippen molar-refractivity contribution in [3.63, 3.8) is 0 Å². The molecular weight excluding hydrogens is 258 g/mol. The number of carbonyl (C=O) groups excluding carboxylic acids is 1. The summed E-state index contributed by atoms with van der Waals surface area (Å²) in [5, 5.41) is 7.12. The maximum absolute atomic E-state index is 11.5. The highest BCUT2D eigenvalue weighted by Crippen LogP contribution is 2.16. The molecule has 0 radical (unpaired) electrons. The van der Waals surface area contributed by atoms with E-state index in [2.05, 4.69) is 5.32 Å². The van der Waals surface area contributed by atoms with E-state index in [1.165, 1.54) is 11.3 Å². The lowest BCUT2D eigenvalue weighted by Gasteiger charge is -2.06. The number of hydrogen-bond donors (Lipinski definition) is 1. The highest BCUT2D eigenvalue weighted by atomic mass is 35.5. The summed E-state index contributed by atoms with van der Waals surface area (Å²) in [6.07, 6.45) is 0.